The average Bonchev–Trinajstić information content (AvgIpc) is 2.71. The van der Waals surface area contributed by atoms with Crippen molar-refractivity contribution in [1.29, 1.82) is 5.26 Å². The van der Waals surface area contributed by atoms with Crippen LogP contribution >= 0.6 is 0 Å². The molecule has 7 heteroatoms. The lowest BCUT2D eigenvalue weighted by Gasteiger charge is -2.36. The van der Waals surface area contributed by atoms with Gasteiger partial charge in [-0.2, -0.15) is 5.26 Å². The molecule has 2 aliphatic heterocycles. The second kappa shape index (κ2) is 9.77. The van der Waals surface area contributed by atoms with Gasteiger partial charge in [0, 0.05) is 12.6 Å². The van der Waals surface area contributed by atoms with Crippen LogP contribution in [0, 0.1) is 17.2 Å². The van der Waals surface area contributed by atoms with Gasteiger partial charge in [-0.15, -0.1) is 0 Å². The van der Waals surface area contributed by atoms with Crippen LogP contribution in [0.5, 0.6) is 11.5 Å². The molecule has 160 valence electrons. The van der Waals surface area contributed by atoms with Gasteiger partial charge in [0.15, 0.2) is 11.5 Å². The molecule has 0 aliphatic carbocycles. The number of hydrogen-bond acceptors (Lipinski definition) is 7. The summed E-state index contributed by atoms with van der Waals surface area (Å²) in [6.07, 6.45) is 3.30. The molecular formula is C22H33N3O4. The van der Waals surface area contributed by atoms with E-state index in [9.17, 15) is 10.2 Å². The number of ether oxygens (including phenoxy) is 2. The minimum atomic E-state index is -0.924. The highest BCUT2D eigenvalue weighted by atomic mass is 16.6. The number of nitrogens with zero attached hydrogens (tertiary/aromatic N) is 2. The molecule has 0 amide bonds. The molecule has 0 spiro atoms. The molecule has 29 heavy (non-hydrogen) atoms. The molecule has 1 aromatic carbocycles. The highest BCUT2D eigenvalue weighted by molar-refractivity contribution is 5.47. The Morgan fingerprint density at radius 1 is 1.31 bits per heavy atom. The van der Waals surface area contributed by atoms with E-state index >= 15 is 0 Å². The van der Waals surface area contributed by atoms with Gasteiger partial charge in [-0.25, -0.2) is 0 Å². The Morgan fingerprint density at radius 2 is 2.07 bits per heavy atom. The summed E-state index contributed by atoms with van der Waals surface area (Å²) < 4.78 is 11.9. The van der Waals surface area contributed by atoms with E-state index in [1.807, 2.05) is 0 Å². The summed E-state index contributed by atoms with van der Waals surface area (Å²) in [5, 5.41) is 31.8. The van der Waals surface area contributed by atoms with Crippen LogP contribution in [0.25, 0.3) is 0 Å². The third-order valence-electron chi connectivity index (χ3n) is 5.94. The van der Waals surface area contributed by atoms with Crippen LogP contribution in [0.4, 0.5) is 0 Å². The van der Waals surface area contributed by atoms with E-state index in [-0.39, 0.29) is 18.8 Å². The van der Waals surface area contributed by atoms with Crippen LogP contribution < -0.4 is 14.8 Å². The third kappa shape index (κ3) is 6.06. The Labute approximate surface area is 173 Å². The van der Waals surface area contributed by atoms with Crippen molar-refractivity contribution in [2.75, 3.05) is 39.4 Å². The number of aliphatic hydroxyl groups is 2. The lowest BCUT2D eigenvalue weighted by molar-refractivity contribution is 0.0137. The predicted molar refractivity (Wildman–Crippen MR) is 110 cm³/mol. The van der Waals surface area contributed by atoms with Gasteiger partial charge in [0.25, 0.3) is 0 Å². The molecule has 3 N–H and O–H groups in total. The van der Waals surface area contributed by atoms with Crippen molar-refractivity contribution >= 4 is 0 Å². The van der Waals surface area contributed by atoms with Crippen molar-refractivity contribution in [1.82, 2.24) is 10.2 Å². The maximum absolute atomic E-state index is 10.0. The fraction of sp³-hybridized carbons (Fsp3) is 0.682. The van der Waals surface area contributed by atoms with Crippen molar-refractivity contribution in [3.8, 4) is 17.6 Å². The highest BCUT2D eigenvalue weighted by Crippen LogP contribution is 2.33. The van der Waals surface area contributed by atoms with E-state index in [1.165, 1.54) is 0 Å². The summed E-state index contributed by atoms with van der Waals surface area (Å²) >= 11 is 0. The SMILES string of the molecule is CC(C)(O)C(CO)NCCC1CCN(CC2COc3ccc(C#N)cc3O2)CC1. The van der Waals surface area contributed by atoms with Crippen molar-refractivity contribution < 1.29 is 19.7 Å². The lowest BCUT2D eigenvalue weighted by Crippen LogP contribution is -2.50. The smallest absolute Gasteiger partial charge is 0.163 e. The lowest BCUT2D eigenvalue weighted by atomic mass is 9.92. The van der Waals surface area contributed by atoms with Crippen molar-refractivity contribution in [2.24, 2.45) is 5.92 Å². The van der Waals surface area contributed by atoms with E-state index < -0.39 is 5.60 Å². The monoisotopic (exact) mass is 403 g/mol. The molecule has 2 heterocycles. The highest BCUT2D eigenvalue weighted by Gasteiger charge is 2.28. The Bertz CT molecular complexity index is 705. The number of benzene rings is 1. The first-order valence-electron chi connectivity index (χ1n) is 10.5. The Morgan fingerprint density at radius 3 is 2.72 bits per heavy atom. The molecule has 1 aromatic rings. The number of nitrogens with one attached hydrogen (secondary N) is 1. The van der Waals surface area contributed by atoms with Crippen LogP contribution in [-0.4, -0.2) is 72.3 Å². The second-order valence-corrected chi connectivity index (χ2v) is 8.70. The first kappa shape index (κ1) is 21.8. The Balaban J connectivity index is 1.38. The molecule has 0 bridgehead atoms. The summed E-state index contributed by atoms with van der Waals surface area (Å²) in [5.41, 5.74) is -0.345. The van der Waals surface area contributed by atoms with Crippen molar-refractivity contribution in [2.45, 2.75) is 50.9 Å². The van der Waals surface area contributed by atoms with E-state index in [1.54, 1.807) is 32.0 Å². The fourth-order valence-corrected chi connectivity index (χ4v) is 4.02. The van der Waals surface area contributed by atoms with Gasteiger partial charge < -0.3 is 25.0 Å². The fourth-order valence-electron chi connectivity index (χ4n) is 4.02. The summed E-state index contributed by atoms with van der Waals surface area (Å²) in [7, 11) is 0. The largest absolute Gasteiger partial charge is 0.486 e. The average molecular weight is 404 g/mol. The zero-order chi connectivity index (χ0) is 20.9. The number of piperidine rings is 1. The number of fused-ring (bicyclic) bond motifs is 1. The number of aliphatic hydroxyl groups excluding tert-OH is 1. The topological polar surface area (TPSA) is 98.0 Å². The predicted octanol–water partition coefficient (Wildman–Crippen LogP) is 1.52. The molecule has 3 rings (SSSR count). The van der Waals surface area contributed by atoms with Gasteiger partial charge in [0.05, 0.1) is 29.9 Å². The van der Waals surface area contributed by atoms with Gasteiger partial charge in [-0.1, -0.05) is 0 Å². The summed E-state index contributed by atoms with van der Waals surface area (Å²) in [4.78, 5) is 2.42. The van der Waals surface area contributed by atoms with Gasteiger partial charge in [0.2, 0.25) is 0 Å². The number of rotatable bonds is 8. The maximum atomic E-state index is 10.0. The normalized spacial score (nSPS) is 21.6. The number of likely N-dealkylation sites (tertiary alicyclic amines) is 1. The van der Waals surface area contributed by atoms with E-state index in [0.29, 0.717) is 29.6 Å². The number of nitriles is 1. The molecule has 2 aliphatic rings. The minimum absolute atomic E-state index is 0.0215. The summed E-state index contributed by atoms with van der Waals surface area (Å²) in [5.74, 6) is 2.02. The van der Waals surface area contributed by atoms with Gasteiger partial charge in [-0.05, 0) is 70.8 Å². The number of hydrogen-bond donors (Lipinski definition) is 3. The Hall–Kier alpha value is -1.85. The Kier molecular flexibility index (Phi) is 7.36. The molecule has 0 saturated carbocycles. The van der Waals surface area contributed by atoms with Crippen LogP contribution in [0.1, 0.15) is 38.7 Å². The zero-order valence-corrected chi connectivity index (χ0v) is 17.4. The molecule has 0 aromatic heterocycles. The van der Waals surface area contributed by atoms with E-state index in [2.05, 4.69) is 16.3 Å². The van der Waals surface area contributed by atoms with Crippen molar-refractivity contribution in [3.05, 3.63) is 23.8 Å². The van der Waals surface area contributed by atoms with Crippen LogP contribution in [0.3, 0.4) is 0 Å². The molecular weight excluding hydrogens is 370 g/mol. The van der Waals surface area contributed by atoms with E-state index in [0.717, 1.165) is 45.4 Å². The standard InChI is InChI=1S/C22H33N3O4/c1-22(2,27)21(14-26)24-8-5-16-6-9-25(10-7-16)13-18-15-28-19-4-3-17(12-23)11-20(19)29-18/h3-4,11,16,18,21,24,26-27H,5-10,13-15H2,1-2H3. The first-order chi connectivity index (χ1) is 13.9. The van der Waals surface area contributed by atoms with Crippen LogP contribution in [0.15, 0.2) is 18.2 Å². The first-order valence-corrected chi connectivity index (χ1v) is 10.5. The maximum Gasteiger partial charge on any atom is 0.163 e. The van der Waals surface area contributed by atoms with E-state index in [4.69, 9.17) is 14.7 Å². The second-order valence-electron chi connectivity index (χ2n) is 8.70. The van der Waals surface area contributed by atoms with Crippen LogP contribution in [0.2, 0.25) is 0 Å². The van der Waals surface area contributed by atoms with Crippen LogP contribution in [-0.2, 0) is 0 Å². The molecule has 7 nitrogen and oxygen atoms in total. The zero-order valence-electron chi connectivity index (χ0n) is 17.4. The molecule has 2 unspecified atom stereocenters. The van der Waals surface area contributed by atoms with Gasteiger partial charge >= 0.3 is 0 Å². The van der Waals surface area contributed by atoms with Crippen molar-refractivity contribution in [3.63, 3.8) is 0 Å². The summed E-state index contributed by atoms with van der Waals surface area (Å²) in [6.45, 7) is 7.59. The summed E-state index contributed by atoms with van der Waals surface area (Å²) in [6, 6.07) is 7.12. The minimum Gasteiger partial charge on any atom is -0.486 e. The quantitative estimate of drug-likeness (QED) is 0.605. The van der Waals surface area contributed by atoms with Gasteiger partial charge in [0.1, 0.15) is 12.7 Å². The molecule has 1 saturated heterocycles. The van der Waals surface area contributed by atoms with Gasteiger partial charge in [-0.3, -0.25) is 4.90 Å². The molecule has 1 fully saturated rings. The molecule has 2 atom stereocenters. The molecule has 0 radical (unpaired) electrons. The third-order valence-corrected chi connectivity index (χ3v) is 5.94.